The molecule has 1 aromatic carbocycles. The van der Waals surface area contributed by atoms with Gasteiger partial charge in [-0.15, -0.1) is 0 Å². The van der Waals surface area contributed by atoms with Gasteiger partial charge in [0.15, 0.2) is 0 Å². The number of phenols is 1. The van der Waals surface area contributed by atoms with Gasteiger partial charge < -0.3 is 15.2 Å². The first kappa shape index (κ1) is 14.0. The Kier molecular flexibility index (Phi) is 6.00. The van der Waals surface area contributed by atoms with Gasteiger partial charge in [0.05, 0.1) is 12.6 Å². The van der Waals surface area contributed by atoms with Crippen molar-refractivity contribution in [3.8, 4) is 5.75 Å². The van der Waals surface area contributed by atoms with E-state index in [1.165, 1.54) is 12.1 Å². The molecule has 1 aromatic rings. The van der Waals surface area contributed by atoms with E-state index in [1.807, 2.05) is 0 Å². The van der Waals surface area contributed by atoms with Gasteiger partial charge in [0.25, 0.3) is 5.91 Å². The number of carbonyl (C=O) groups excluding carboxylic acids is 1. The number of ether oxygens (including phenoxy) is 1. The topological polar surface area (TPSA) is 58.6 Å². The number of amides is 1. The van der Waals surface area contributed by atoms with Gasteiger partial charge in [-0.25, -0.2) is 0 Å². The van der Waals surface area contributed by atoms with Crippen molar-refractivity contribution < 1.29 is 14.6 Å². The molecule has 94 valence electrons. The quantitative estimate of drug-likeness (QED) is 0.789. The third-order valence-electron chi connectivity index (χ3n) is 2.29. The fourth-order valence-corrected chi connectivity index (χ4v) is 1.96. The van der Waals surface area contributed by atoms with Crippen LogP contribution in [-0.4, -0.2) is 36.1 Å². The van der Waals surface area contributed by atoms with Crippen molar-refractivity contribution in [1.82, 2.24) is 5.32 Å². The van der Waals surface area contributed by atoms with Crippen LogP contribution in [0.15, 0.2) is 24.3 Å². The van der Waals surface area contributed by atoms with Gasteiger partial charge in [0.1, 0.15) is 5.75 Å². The van der Waals surface area contributed by atoms with Gasteiger partial charge in [0, 0.05) is 18.0 Å². The SMILES string of the molecule is COCC(CCBr)NC(=O)c1ccc(O)cc1. The maximum absolute atomic E-state index is 11.9. The van der Waals surface area contributed by atoms with E-state index in [0.29, 0.717) is 12.2 Å². The van der Waals surface area contributed by atoms with Gasteiger partial charge >= 0.3 is 0 Å². The minimum Gasteiger partial charge on any atom is -0.508 e. The van der Waals surface area contributed by atoms with E-state index in [-0.39, 0.29) is 17.7 Å². The van der Waals surface area contributed by atoms with Gasteiger partial charge in [-0.05, 0) is 30.7 Å². The van der Waals surface area contributed by atoms with Crippen molar-refractivity contribution in [2.45, 2.75) is 12.5 Å². The number of halogens is 1. The minimum absolute atomic E-state index is 0.0133. The Labute approximate surface area is 109 Å². The zero-order chi connectivity index (χ0) is 12.7. The molecular formula is C12H16BrNO3. The molecule has 0 spiro atoms. The highest BCUT2D eigenvalue weighted by molar-refractivity contribution is 9.09. The first-order valence-electron chi connectivity index (χ1n) is 5.32. The maximum atomic E-state index is 11.9. The van der Waals surface area contributed by atoms with Crippen molar-refractivity contribution in [3.63, 3.8) is 0 Å². The Morgan fingerprint density at radius 1 is 1.47 bits per heavy atom. The lowest BCUT2D eigenvalue weighted by molar-refractivity contribution is 0.0895. The van der Waals surface area contributed by atoms with Gasteiger partial charge in [0.2, 0.25) is 0 Å². The number of phenolic OH excluding ortho intramolecular Hbond substituents is 1. The Morgan fingerprint density at radius 2 is 2.12 bits per heavy atom. The second-order valence-corrected chi connectivity index (χ2v) is 4.44. The van der Waals surface area contributed by atoms with Crippen LogP contribution in [0.5, 0.6) is 5.75 Å². The van der Waals surface area contributed by atoms with Crippen LogP contribution in [0.3, 0.4) is 0 Å². The van der Waals surface area contributed by atoms with E-state index >= 15 is 0 Å². The number of benzene rings is 1. The predicted molar refractivity (Wildman–Crippen MR) is 69.6 cm³/mol. The number of nitrogens with one attached hydrogen (secondary N) is 1. The third-order valence-corrected chi connectivity index (χ3v) is 2.75. The molecule has 0 fully saturated rings. The zero-order valence-electron chi connectivity index (χ0n) is 9.65. The van der Waals surface area contributed by atoms with Crippen LogP contribution in [-0.2, 0) is 4.74 Å². The second-order valence-electron chi connectivity index (χ2n) is 3.65. The predicted octanol–water partition coefficient (Wildman–Crippen LogP) is 1.92. The summed E-state index contributed by atoms with van der Waals surface area (Å²) in [4.78, 5) is 11.9. The number of alkyl halides is 1. The first-order valence-corrected chi connectivity index (χ1v) is 6.44. The number of hydrogen-bond donors (Lipinski definition) is 2. The van der Waals surface area contributed by atoms with Crippen LogP contribution in [0, 0.1) is 0 Å². The number of rotatable bonds is 6. The molecule has 5 heteroatoms. The van der Waals surface area contributed by atoms with Crippen LogP contribution in [0.2, 0.25) is 0 Å². The van der Waals surface area contributed by atoms with E-state index in [4.69, 9.17) is 9.84 Å². The summed E-state index contributed by atoms with van der Waals surface area (Å²) in [5.41, 5.74) is 0.526. The fourth-order valence-electron chi connectivity index (χ4n) is 1.41. The molecule has 0 radical (unpaired) electrons. The van der Waals surface area contributed by atoms with E-state index in [2.05, 4.69) is 21.2 Å². The molecule has 1 rings (SSSR count). The number of carbonyl (C=O) groups is 1. The lowest BCUT2D eigenvalue weighted by Crippen LogP contribution is -2.38. The molecule has 1 amide bonds. The summed E-state index contributed by atoms with van der Waals surface area (Å²) in [6.45, 7) is 0.482. The molecule has 1 unspecified atom stereocenters. The molecule has 17 heavy (non-hydrogen) atoms. The highest BCUT2D eigenvalue weighted by atomic mass is 79.9. The summed E-state index contributed by atoms with van der Waals surface area (Å²) in [7, 11) is 1.61. The van der Waals surface area contributed by atoms with Crippen LogP contribution in [0.4, 0.5) is 0 Å². The van der Waals surface area contributed by atoms with Crippen LogP contribution in [0.1, 0.15) is 16.8 Å². The molecule has 0 aliphatic heterocycles. The lowest BCUT2D eigenvalue weighted by atomic mass is 10.1. The van der Waals surface area contributed by atoms with Crippen LogP contribution >= 0.6 is 15.9 Å². The Hall–Kier alpha value is -1.07. The molecule has 4 nitrogen and oxygen atoms in total. The van der Waals surface area contributed by atoms with Gasteiger partial charge in [-0.3, -0.25) is 4.79 Å². The number of methoxy groups -OCH3 is 1. The smallest absolute Gasteiger partial charge is 0.251 e. The van der Waals surface area contributed by atoms with Gasteiger partial charge in [-0.2, -0.15) is 0 Å². The molecule has 0 aromatic heterocycles. The molecule has 1 atom stereocenters. The molecule has 0 saturated carbocycles. The third kappa shape index (κ3) is 4.75. The van der Waals surface area contributed by atoms with E-state index < -0.39 is 0 Å². The summed E-state index contributed by atoms with van der Waals surface area (Å²) in [5.74, 6) is -0.0107. The normalized spacial score (nSPS) is 12.1. The van der Waals surface area contributed by atoms with Crippen LogP contribution < -0.4 is 5.32 Å². The largest absolute Gasteiger partial charge is 0.508 e. The molecule has 0 saturated heterocycles. The van der Waals surface area contributed by atoms with Crippen molar-refractivity contribution >= 4 is 21.8 Å². The summed E-state index contributed by atoms with van der Waals surface area (Å²) >= 11 is 3.34. The molecular weight excluding hydrogens is 286 g/mol. The van der Waals surface area contributed by atoms with Crippen molar-refractivity contribution in [3.05, 3.63) is 29.8 Å². The highest BCUT2D eigenvalue weighted by Crippen LogP contribution is 2.10. The van der Waals surface area contributed by atoms with Crippen molar-refractivity contribution in [2.24, 2.45) is 0 Å². The first-order chi connectivity index (χ1) is 8.17. The van der Waals surface area contributed by atoms with Crippen molar-refractivity contribution in [1.29, 1.82) is 0 Å². The summed E-state index contributed by atoms with van der Waals surface area (Å²) < 4.78 is 5.04. The fraction of sp³-hybridized carbons (Fsp3) is 0.417. The summed E-state index contributed by atoms with van der Waals surface area (Å²) in [6, 6.07) is 6.14. The molecule has 0 aliphatic carbocycles. The Bertz CT molecular complexity index is 347. The summed E-state index contributed by atoms with van der Waals surface area (Å²) in [6.07, 6.45) is 0.803. The average molecular weight is 302 g/mol. The number of hydrogen-bond acceptors (Lipinski definition) is 3. The van der Waals surface area contributed by atoms with Crippen LogP contribution in [0.25, 0.3) is 0 Å². The maximum Gasteiger partial charge on any atom is 0.251 e. The van der Waals surface area contributed by atoms with E-state index in [9.17, 15) is 4.79 Å². The average Bonchev–Trinajstić information content (AvgIpc) is 2.30. The minimum atomic E-state index is -0.159. The van der Waals surface area contributed by atoms with E-state index in [1.54, 1.807) is 19.2 Å². The number of aromatic hydroxyl groups is 1. The summed E-state index contributed by atoms with van der Waals surface area (Å²) in [5, 5.41) is 12.8. The molecule has 0 aliphatic rings. The second kappa shape index (κ2) is 7.29. The highest BCUT2D eigenvalue weighted by Gasteiger charge is 2.12. The van der Waals surface area contributed by atoms with Crippen molar-refractivity contribution in [2.75, 3.05) is 19.0 Å². The van der Waals surface area contributed by atoms with E-state index in [0.717, 1.165) is 11.8 Å². The monoisotopic (exact) mass is 301 g/mol. The van der Waals surface area contributed by atoms with Gasteiger partial charge in [-0.1, -0.05) is 15.9 Å². The Morgan fingerprint density at radius 3 is 2.65 bits per heavy atom. The molecule has 0 heterocycles. The molecule has 0 bridgehead atoms. The Balaban J connectivity index is 2.60. The lowest BCUT2D eigenvalue weighted by Gasteiger charge is -2.16. The standard InChI is InChI=1S/C12H16BrNO3/c1-17-8-10(6-7-13)14-12(16)9-2-4-11(15)5-3-9/h2-5,10,15H,6-8H2,1H3,(H,14,16). The zero-order valence-corrected chi connectivity index (χ0v) is 11.2. The molecule has 2 N–H and O–H groups in total.